The molecule has 1 unspecified atom stereocenters. The molecule has 7 nitrogen and oxygen atoms in total. The lowest BCUT2D eigenvalue weighted by molar-refractivity contribution is 0.601. The Bertz CT molecular complexity index is 964. The fourth-order valence-electron chi connectivity index (χ4n) is 2.51. The molecule has 0 radical (unpaired) electrons. The van der Waals surface area contributed by atoms with Crippen molar-refractivity contribution < 1.29 is 8.42 Å². The minimum Gasteiger partial charge on any atom is -0.347 e. The number of anilines is 1. The standard InChI is InChI=1S/C16H19N5O2S/c1-4-13(11-5-7-12(8-6-11)24(3,22)23)19-16-17-9-14-15(20-16)18-10-21(14)2/h5-10,13H,4H2,1-3H3,(H,17,19,20). The maximum Gasteiger partial charge on any atom is 0.225 e. The maximum absolute atomic E-state index is 11.6. The van der Waals surface area contributed by atoms with Gasteiger partial charge in [-0.2, -0.15) is 4.98 Å². The van der Waals surface area contributed by atoms with Gasteiger partial charge in [-0.25, -0.2) is 18.4 Å². The summed E-state index contributed by atoms with van der Waals surface area (Å²) in [6.07, 6.45) is 5.44. The van der Waals surface area contributed by atoms with Crippen LogP contribution in [-0.2, 0) is 16.9 Å². The summed E-state index contributed by atoms with van der Waals surface area (Å²) in [4.78, 5) is 13.3. The second-order valence-electron chi connectivity index (χ2n) is 5.70. The number of rotatable bonds is 5. The van der Waals surface area contributed by atoms with Crippen molar-refractivity contribution in [2.75, 3.05) is 11.6 Å². The Labute approximate surface area is 140 Å². The molecule has 0 aliphatic heterocycles. The number of nitrogens with one attached hydrogen (secondary N) is 1. The summed E-state index contributed by atoms with van der Waals surface area (Å²) in [6.45, 7) is 2.04. The van der Waals surface area contributed by atoms with Crippen LogP contribution >= 0.6 is 0 Å². The third kappa shape index (κ3) is 3.23. The summed E-state index contributed by atoms with van der Waals surface area (Å²) in [6, 6.07) is 6.86. The number of sulfone groups is 1. The van der Waals surface area contributed by atoms with E-state index < -0.39 is 9.84 Å². The van der Waals surface area contributed by atoms with Gasteiger partial charge in [-0.3, -0.25) is 0 Å². The van der Waals surface area contributed by atoms with Gasteiger partial charge in [-0.15, -0.1) is 0 Å². The van der Waals surface area contributed by atoms with Crippen LogP contribution < -0.4 is 5.32 Å². The first kappa shape index (κ1) is 16.4. The Morgan fingerprint density at radius 2 is 1.92 bits per heavy atom. The highest BCUT2D eigenvalue weighted by Gasteiger charge is 2.13. The second-order valence-corrected chi connectivity index (χ2v) is 7.72. The summed E-state index contributed by atoms with van der Waals surface area (Å²) in [7, 11) is -1.30. The SMILES string of the molecule is CCC(Nc1ncc2c(ncn2C)n1)c1ccc(S(C)(=O)=O)cc1. The van der Waals surface area contributed by atoms with Crippen LogP contribution in [-0.4, -0.2) is 34.2 Å². The van der Waals surface area contributed by atoms with Crippen LogP contribution in [0.25, 0.3) is 11.2 Å². The molecule has 3 aromatic rings. The van der Waals surface area contributed by atoms with Crippen molar-refractivity contribution in [3.05, 3.63) is 42.4 Å². The first-order valence-corrected chi connectivity index (χ1v) is 9.48. The van der Waals surface area contributed by atoms with Crippen LogP contribution in [0.3, 0.4) is 0 Å². The molecular weight excluding hydrogens is 326 g/mol. The Kier molecular flexibility index (Phi) is 4.23. The van der Waals surface area contributed by atoms with Gasteiger partial charge in [0.15, 0.2) is 15.5 Å². The Balaban J connectivity index is 1.85. The predicted octanol–water partition coefficient (Wildman–Crippen LogP) is 2.33. The van der Waals surface area contributed by atoms with Crippen molar-refractivity contribution in [2.45, 2.75) is 24.3 Å². The third-order valence-corrected chi connectivity index (χ3v) is 5.03. The van der Waals surface area contributed by atoms with Crippen LogP contribution in [0.15, 0.2) is 41.7 Å². The summed E-state index contributed by atoms with van der Waals surface area (Å²) in [5.74, 6) is 0.500. The van der Waals surface area contributed by atoms with E-state index in [4.69, 9.17) is 0 Å². The summed E-state index contributed by atoms with van der Waals surface area (Å²) < 4.78 is 25.0. The molecule has 0 aliphatic carbocycles. The minimum atomic E-state index is -3.19. The monoisotopic (exact) mass is 345 g/mol. The predicted molar refractivity (Wildman–Crippen MR) is 92.5 cm³/mol. The van der Waals surface area contributed by atoms with Gasteiger partial charge in [0.05, 0.1) is 23.5 Å². The van der Waals surface area contributed by atoms with Crippen LogP contribution in [0, 0.1) is 0 Å². The topological polar surface area (TPSA) is 89.8 Å². The number of hydrogen-bond acceptors (Lipinski definition) is 6. The minimum absolute atomic E-state index is 0.0141. The van der Waals surface area contributed by atoms with E-state index in [1.165, 1.54) is 6.26 Å². The lowest BCUT2D eigenvalue weighted by Gasteiger charge is -2.17. The van der Waals surface area contributed by atoms with Crippen molar-refractivity contribution in [3.8, 4) is 0 Å². The molecule has 0 amide bonds. The summed E-state index contributed by atoms with van der Waals surface area (Å²) in [5, 5.41) is 3.28. The fraction of sp³-hybridized carbons (Fsp3) is 0.312. The number of hydrogen-bond donors (Lipinski definition) is 1. The van der Waals surface area contributed by atoms with Crippen LogP contribution in [0.5, 0.6) is 0 Å². The van der Waals surface area contributed by atoms with Gasteiger partial charge < -0.3 is 9.88 Å². The highest BCUT2D eigenvalue weighted by atomic mass is 32.2. The Morgan fingerprint density at radius 3 is 2.54 bits per heavy atom. The van der Waals surface area contributed by atoms with Crippen LogP contribution in [0.2, 0.25) is 0 Å². The molecule has 0 bridgehead atoms. The van der Waals surface area contributed by atoms with Gasteiger partial charge >= 0.3 is 0 Å². The van der Waals surface area contributed by atoms with Crippen LogP contribution in [0.4, 0.5) is 5.95 Å². The summed E-state index contributed by atoms with van der Waals surface area (Å²) >= 11 is 0. The van der Waals surface area contributed by atoms with E-state index in [0.29, 0.717) is 16.5 Å². The number of benzene rings is 1. The molecule has 0 spiro atoms. The highest BCUT2D eigenvalue weighted by Crippen LogP contribution is 2.23. The van der Waals surface area contributed by atoms with Crippen molar-refractivity contribution in [1.29, 1.82) is 0 Å². The first-order chi connectivity index (χ1) is 11.4. The second kappa shape index (κ2) is 6.20. The molecule has 0 aliphatic rings. The first-order valence-electron chi connectivity index (χ1n) is 7.59. The average Bonchev–Trinajstić information content (AvgIpc) is 2.92. The molecule has 3 rings (SSSR count). The molecule has 1 atom stereocenters. The summed E-state index contributed by atoms with van der Waals surface area (Å²) in [5.41, 5.74) is 2.48. The molecule has 0 saturated carbocycles. The zero-order chi connectivity index (χ0) is 17.3. The number of aryl methyl sites for hydroxylation is 1. The number of nitrogens with zero attached hydrogens (tertiary/aromatic N) is 4. The quantitative estimate of drug-likeness (QED) is 0.763. The zero-order valence-corrected chi connectivity index (χ0v) is 14.6. The zero-order valence-electron chi connectivity index (χ0n) is 13.8. The lowest BCUT2D eigenvalue weighted by atomic mass is 10.1. The molecule has 1 aromatic carbocycles. The van der Waals surface area contributed by atoms with E-state index in [1.807, 2.05) is 30.7 Å². The molecule has 1 N–H and O–H groups in total. The normalized spacial score (nSPS) is 13.1. The maximum atomic E-state index is 11.6. The van der Waals surface area contributed by atoms with Gasteiger partial charge in [-0.1, -0.05) is 19.1 Å². The lowest BCUT2D eigenvalue weighted by Crippen LogP contribution is -2.12. The molecular formula is C16H19N5O2S. The third-order valence-electron chi connectivity index (χ3n) is 3.91. The smallest absolute Gasteiger partial charge is 0.225 e. The van der Waals surface area contributed by atoms with E-state index in [9.17, 15) is 8.42 Å². The molecule has 0 saturated heterocycles. The largest absolute Gasteiger partial charge is 0.347 e. The molecule has 126 valence electrons. The molecule has 2 heterocycles. The van der Waals surface area contributed by atoms with Crippen molar-refractivity contribution in [2.24, 2.45) is 7.05 Å². The van der Waals surface area contributed by atoms with Crippen molar-refractivity contribution >= 4 is 26.9 Å². The highest BCUT2D eigenvalue weighted by molar-refractivity contribution is 7.90. The van der Waals surface area contributed by atoms with Gasteiger partial charge in [0.1, 0.15) is 5.52 Å². The molecule has 2 aromatic heterocycles. The molecule has 0 fully saturated rings. The molecule has 24 heavy (non-hydrogen) atoms. The van der Waals surface area contributed by atoms with E-state index >= 15 is 0 Å². The van der Waals surface area contributed by atoms with Crippen LogP contribution in [0.1, 0.15) is 24.9 Å². The number of aromatic nitrogens is 4. The fourth-order valence-corrected chi connectivity index (χ4v) is 3.14. The Hall–Kier alpha value is -2.48. The van der Waals surface area contributed by atoms with E-state index in [1.54, 1.807) is 24.7 Å². The van der Waals surface area contributed by atoms with E-state index in [0.717, 1.165) is 17.5 Å². The van der Waals surface area contributed by atoms with Crippen molar-refractivity contribution in [1.82, 2.24) is 19.5 Å². The van der Waals surface area contributed by atoms with E-state index in [-0.39, 0.29) is 6.04 Å². The Morgan fingerprint density at radius 1 is 1.21 bits per heavy atom. The van der Waals surface area contributed by atoms with Gasteiger partial charge in [0.25, 0.3) is 0 Å². The van der Waals surface area contributed by atoms with Gasteiger partial charge in [-0.05, 0) is 24.1 Å². The van der Waals surface area contributed by atoms with Gasteiger partial charge in [0, 0.05) is 13.3 Å². The van der Waals surface area contributed by atoms with Crippen molar-refractivity contribution in [3.63, 3.8) is 0 Å². The van der Waals surface area contributed by atoms with Gasteiger partial charge in [0.2, 0.25) is 5.95 Å². The van der Waals surface area contributed by atoms with E-state index in [2.05, 4.69) is 20.3 Å². The number of fused-ring (bicyclic) bond motifs is 1. The molecule has 8 heteroatoms. The number of imidazole rings is 1. The average molecular weight is 345 g/mol.